The highest BCUT2D eigenvalue weighted by Gasteiger charge is 2.62. The number of nitrogens with two attached hydrogens (primary N) is 2. The molecule has 16 unspecified atom stereocenters. The molecule has 16 atom stereocenters. The van der Waals surface area contributed by atoms with Crippen molar-refractivity contribution >= 4 is 11.6 Å². The molecule has 0 spiro atoms. The Hall–Kier alpha value is -1.10. The summed E-state index contributed by atoms with van der Waals surface area (Å²) in [5.41, 5.74) is 6.00. The lowest BCUT2D eigenvalue weighted by atomic mass is 9.52. The number of hydrogen-bond acceptors (Lipinski definition) is 12. The SMILES string of the molecule is COC1CC(OC2OC(CO)C(O)C(O)C2O)C2C(=O)C3C(O)CC(CCC4CCC(N)[NH2+]C4)CC3C(=O)C2C1CO. The third kappa shape index (κ3) is 6.08. The standard InChI is InChI=1S/C29H48N2O11/c1-40-17-8-18(41-29-28(39)27(38)25(36)19(11-33)42-29)23-22(15(17)10-32)24(35)14-6-13(7-16(34)21(14)26(23)37)3-2-12-4-5-20(30)31-9-12/h12-23,25,27-29,31-34,36,38-39H,2-11,30H2,1H3/p+1. The van der Waals surface area contributed by atoms with E-state index in [0.717, 1.165) is 32.2 Å². The van der Waals surface area contributed by atoms with Gasteiger partial charge in [-0.25, -0.2) is 0 Å². The predicted octanol–water partition coefficient (Wildman–Crippen LogP) is -3.38. The Morgan fingerprint density at radius 3 is 2.24 bits per heavy atom. The average Bonchev–Trinajstić information content (AvgIpc) is 2.98. The second-order valence-electron chi connectivity index (χ2n) is 13.3. The summed E-state index contributed by atoms with van der Waals surface area (Å²) in [6.07, 6.45) is -5.23. The van der Waals surface area contributed by atoms with Crippen LogP contribution in [0.2, 0.25) is 0 Å². The van der Waals surface area contributed by atoms with Gasteiger partial charge in [0.2, 0.25) is 0 Å². The first kappa shape index (κ1) is 32.3. The van der Waals surface area contributed by atoms with Gasteiger partial charge in [-0.3, -0.25) is 15.3 Å². The lowest BCUT2D eigenvalue weighted by molar-refractivity contribution is -0.702. The van der Waals surface area contributed by atoms with E-state index < -0.39 is 85.2 Å². The molecule has 5 aliphatic rings. The van der Waals surface area contributed by atoms with Crippen molar-refractivity contribution < 1.29 is 59.8 Å². The lowest BCUT2D eigenvalue weighted by Crippen LogP contribution is -2.95. The van der Waals surface area contributed by atoms with E-state index in [-0.39, 0.29) is 36.7 Å². The largest absolute Gasteiger partial charge is 0.396 e. The van der Waals surface area contributed by atoms with Crippen molar-refractivity contribution in [1.29, 1.82) is 0 Å². The zero-order chi connectivity index (χ0) is 30.3. The molecule has 2 heterocycles. The van der Waals surface area contributed by atoms with Crippen LogP contribution in [0.25, 0.3) is 0 Å². The molecule has 42 heavy (non-hydrogen) atoms. The second-order valence-corrected chi connectivity index (χ2v) is 13.3. The van der Waals surface area contributed by atoms with E-state index in [1.807, 2.05) is 0 Å². The van der Waals surface area contributed by atoms with E-state index in [2.05, 4.69) is 5.32 Å². The summed E-state index contributed by atoms with van der Waals surface area (Å²) >= 11 is 0. The zero-order valence-corrected chi connectivity index (χ0v) is 24.2. The van der Waals surface area contributed by atoms with E-state index >= 15 is 0 Å². The number of fused-ring (bicyclic) bond motifs is 2. The number of aliphatic hydroxyl groups excluding tert-OH is 6. The van der Waals surface area contributed by atoms with E-state index in [4.69, 9.17) is 19.9 Å². The van der Waals surface area contributed by atoms with Crippen molar-refractivity contribution in [2.24, 2.45) is 47.2 Å². The molecule has 5 fully saturated rings. The molecule has 240 valence electrons. The summed E-state index contributed by atoms with van der Waals surface area (Å²) in [7, 11) is 1.45. The third-order valence-corrected chi connectivity index (χ3v) is 10.9. The predicted molar refractivity (Wildman–Crippen MR) is 144 cm³/mol. The number of quaternary nitrogens is 1. The van der Waals surface area contributed by atoms with Gasteiger partial charge in [0.1, 0.15) is 42.1 Å². The number of ether oxygens (including phenoxy) is 3. The summed E-state index contributed by atoms with van der Waals surface area (Å²) in [6, 6.07) is 0. The first-order chi connectivity index (χ1) is 20.1. The van der Waals surface area contributed by atoms with Gasteiger partial charge >= 0.3 is 0 Å². The van der Waals surface area contributed by atoms with E-state index in [0.29, 0.717) is 18.8 Å². The monoisotopic (exact) mass is 601 g/mol. The van der Waals surface area contributed by atoms with Crippen molar-refractivity contribution in [3.63, 3.8) is 0 Å². The number of piperidine rings is 1. The molecular weight excluding hydrogens is 552 g/mol. The van der Waals surface area contributed by atoms with Crippen molar-refractivity contribution in [2.45, 2.75) is 100 Å². The minimum atomic E-state index is -1.68. The van der Waals surface area contributed by atoms with E-state index in [1.165, 1.54) is 7.11 Å². The molecule has 0 aromatic heterocycles. The summed E-state index contributed by atoms with van der Waals surface area (Å²) < 4.78 is 17.3. The summed E-state index contributed by atoms with van der Waals surface area (Å²) in [6.45, 7) is -0.0545. The third-order valence-electron chi connectivity index (χ3n) is 10.9. The van der Waals surface area contributed by atoms with Gasteiger partial charge in [-0.2, -0.15) is 0 Å². The zero-order valence-electron chi connectivity index (χ0n) is 24.2. The lowest BCUT2D eigenvalue weighted by Gasteiger charge is -2.53. The number of methoxy groups -OCH3 is 1. The van der Waals surface area contributed by atoms with Crippen molar-refractivity contribution in [3.8, 4) is 0 Å². The molecule has 0 amide bonds. The Morgan fingerprint density at radius 2 is 1.60 bits per heavy atom. The Labute approximate surface area is 245 Å². The smallest absolute Gasteiger partial charge is 0.186 e. The van der Waals surface area contributed by atoms with Crippen molar-refractivity contribution in [2.75, 3.05) is 26.9 Å². The molecule has 13 nitrogen and oxygen atoms in total. The number of hydrogen-bond donors (Lipinski definition) is 8. The second kappa shape index (κ2) is 13.5. The minimum absolute atomic E-state index is 0.0924. The molecule has 0 aromatic rings. The first-order valence-corrected chi connectivity index (χ1v) is 15.5. The molecule has 5 rings (SSSR count). The van der Waals surface area contributed by atoms with Crippen LogP contribution in [-0.2, 0) is 23.8 Å². The highest BCUT2D eigenvalue weighted by Crippen LogP contribution is 2.51. The van der Waals surface area contributed by atoms with Crippen LogP contribution in [0, 0.1) is 41.4 Å². The first-order valence-electron chi connectivity index (χ1n) is 15.5. The molecule has 2 saturated heterocycles. The van der Waals surface area contributed by atoms with Crippen LogP contribution in [-0.4, -0.2) is 124 Å². The maximum absolute atomic E-state index is 14.2. The van der Waals surface area contributed by atoms with Gasteiger partial charge in [0.25, 0.3) is 0 Å². The number of Topliss-reactive ketones (excluding diaryl/α,β-unsaturated/α-hetero) is 2. The van der Waals surface area contributed by atoms with Gasteiger partial charge in [0.05, 0.1) is 43.3 Å². The van der Waals surface area contributed by atoms with E-state index in [1.54, 1.807) is 0 Å². The molecule has 0 bridgehead atoms. The van der Waals surface area contributed by atoms with Gasteiger partial charge < -0.3 is 50.2 Å². The topological polar surface area (TPSA) is 226 Å². The van der Waals surface area contributed by atoms with Crippen LogP contribution in [0.5, 0.6) is 0 Å². The van der Waals surface area contributed by atoms with Crippen LogP contribution in [0.4, 0.5) is 0 Å². The number of ketones is 2. The Morgan fingerprint density at radius 1 is 0.857 bits per heavy atom. The Bertz CT molecular complexity index is 947. The molecule has 2 aliphatic heterocycles. The quantitative estimate of drug-likeness (QED) is 0.136. The molecule has 3 aliphatic carbocycles. The highest BCUT2D eigenvalue weighted by molar-refractivity contribution is 6.00. The number of aliphatic hydroxyl groups is 6. The van der Waals surface area contributed by atoms with Gasteiger partial charge in [-0.05, 0) is 38.0 Å². The molecule has 0 aromatic carbocycles. The molecular formula is C29H49N2O11+. The van der Waals surface area contributed by atoms with E-state index in [9.17, 15) is 40.2 Å². The fourth-order valence-electron chi connectivity index (χ4n) is 8.53. The van der Waals surface area contributed by atoms with Gasteiger partial charge in [-0.15, -0.1) is 0 Å². The number of carbonyl (C=O) groups is 2. The molecule has 3 saturated carbocycles. The highest BCUT2D eigenvalue weighted by atomic mass is 16.7. The fraction of sp³-hybridized carbons (Fsp3) is 0.931. The van der Waals surface area contributed by atoms with Crippen LogP contribution in [0.3, 0.4) is 0 Å². The normalized spacial score (nSPS) is 49.8. The molecule has 13 heteroatoms. The summed E-state index contributed by atoms with van der Waals surface area (Å²) in [4.78, 5) is 28.4. The van der Waals surface area contributed by atoms with Crippen molar-refractivity contribution in [1.82, 2.24) is 0 Å². The number of carbonyl (C=O) groups excluding carboxylic acids is 2. The maximum Gasteiger partial charge on any atom is 0.186 e. The summed E-state index contributed by atoms with van der Waals surface area (Å²) in [5, 5.41) is 64.4. The molecule has 0 radical (unpaired) electrons. The summed E-state index contributed by atoms with van der Waals surface area (Å²) in [5.74, 6) is -4.03. The minimum Gasteiger partial charge on any atom is -0.396 e. The van der Waals surface area contributed by atoms with Crippen LogP contribution in [0.15, 0.2) is 0 Å². The van der Waals surface area contributed by atoms with Crippen LogP contribution < -0.4 is 11.1 Å². The van der Waals surface area contributed by atoms with Gasteiger partial charge in [0.15, 0.2) is 6.29 Å². The fourth-order valence-corrected chi connectivity index (χ4v) is 8.53. The van der Waals surface area contributed by atoms with Gasteiger partial charge in [0, 0.05) is 50.2 Å². The van der Waals surface area contributed by atoms with Crippen LogP contribution >= 0.6 is 0 Å². The van der Waals surface area contributed by atoms with Crippen LogP contribution in [0.1, 0.15) is 44.9 Å². The van der Waals surface area contributed by atoms with Crippen molar-refractivity contribution in [3.05, 3.63) is 0 Å². The average molecular weight is 602 g/mol. The Balaban J connectivity index is 1.35. The maximum atomic E-state index is 14.2. The molecule has 10 N–H and O–H groups in total. The van der Waals surface area contributed by atoms with Gasteiger partial charge in [-0.1, -0.05) is 0 Å². The number of rotatable bonds is 8. The Kier molecular flexibility index (Phi) is 10.4.